The van der Waals surface area contributed by atoms with E-state index in [4.69, 9.17) is 37.2 Å². The molecule has 0 saturated heterocycles. The van der Waals surface area contributed by atoms with Crippen LogP contribution in [0.3, 0.4) is 0 Å². The molecular formula is C18H14Cl2N2O4. The number of aromatic nitrogens is 2. The minimum atomic E-state index is -0.592. The smallest absolute Gasteiger partial charge is 0.344 e. The largest absolute Gasteiger partial charge is 0.480 e. The standard InChI is InChI=1S/C18H14Cl2N2O4/c1-11-2-4-12(5-3-11)18-21-16(26-22-18)9-25-17(23)10-24-15-7-6-13(19)8-14(15)20/h2-8H,9-10H2,1H3. The highest BCUT2D eigenvalue weighted by Gasteiger charge is 2.12. The number of hydrogen-bond acceptors (Lipinski definition) is 6. The molecule has 1 aromatic heterocycles. The van der Waals surface area contributed by atoms with E-state index in [1.807, 2.05) is 31.2 Å². The Morgan fingerprint density at radius 3 is 2.65 bits per heavy atom. The summed E-state index contributed by atoms with van der Waals surface area (Å²) in [5.41, 5.74) is 1.95. The van der Waals surface area contributed by atoms with E-state index in [1.165, 1.54) is 6.07 Å². The maximum absolute atomic E-state index is 11.8. The molecule has 0 aliphatic rings. The second-order valence-corrected chi connectivity index (χ2v) is 6.25. The highest BCUT2D eigenvalue weighted by Crippen LogP contribution is 2.27. The average Bonchev–Trinajstić information content (AvgIpc) is 3.09. The summed E-state index contributed by atoms with van der Waals surface area (Å²) < 4.78 is 15.4. The minimum absolute atomic E-state index is 0.143. The summed E-state index contributed by atoms with van der Waals surface area (Å²) in [5, 5.41) is 4.66. The molecule has 1 heterocycles. The maximum atomic E-state index is 11.8. The summed E-state index contributed by atoms with van der Waals surface area (Å²) in [5.74, 6) is 0.372. The topological polar surface area (TPSA) is 74.5 Å². The number of hydrogen-bond donors (Lipinski definition) is 0. The zero-order valence-corrected chi connectivity index (χ0v) is 15.3. The van der Waals surface area contributed by atoms with Gasteiger partial charge in [0.15, 0.2) is 13.2 Å². The first-order valence-corrected chi connectivity index (χ1v) is 8.40. The first-order chi connectivity index (χ1) is 12.5. The molecular weight excluding hydrogens is 379 g/mol. The quantitative estimate of drug-likeness (QED) is 0.575. The van der Waals surface area contributed by atoms with Crippen molar-refractivity contribution in [2.45, 2.75) is 13.5 Å². The normalized spacial score (nSPS) is 10.6. The molecule has 0 N–H and O–H groups in total. The van der Waals surface area contributed by atoms with Crippen LogP contribution in [0.1, 0.15) is 11.5 Å². The second-order valence-electron chi connectivity index (χ2n) is 5.40. The van der Waals surface area contributed by atoms with Crippen LogP contribution in [0.2, 0.25) is 10.0 Å². The third-order valence-corrected chi connectivity index (χ3v) is 3.90. The Morgan fingerprint density at radius 2 is 1.92 bits per heavy atom. The van der Waals surface area contributed by atoms with E-state index in [9.17, 15) is 4.79 Å². The summed E-state index contributed by atoms with van der Waals surface area (Å²) in [6.07, 6.45) is 0. The van der Waals surface area contributed by atoms with Gasteiger partial charge in [-0.2, -0.15) is 4.98 Å². The molecule has 3 aromatic rings. The Bertz CT molecular complexity index is 910. The SMILES string of the molecule is Cc1ccc(-c2noc(COC(=O)COc3ccc(Cl)cc3Cl)n2)cc1. The molecule has 26 heavy (non-hydrogen) atoms. The van der Waals surface area contributed by atoms with Gasteiger partial charge in [-0.1, -0.05) is 58.2 Å². The zero-order valence-electron chi connectivity index (χ0n) is 13.7. The number of aryl methyl sites for hydroxylation is 1. The molecule has 0 amide bonds. The molecule has 0 spiro atoms. The summed E-state index contributed by atoms with van der Waals surface area (Å²) in [7, 11) is 0. The first-order valence-electron chi connectivity index (χ1n) is 7.64. The zero-order chi connectivity index (χ0) is 18.5. The number of nitrogens with zero attached hydrogens (tertiary/aromatic N) is 2. The molecule has 3 rings (SSSR count). The van der Waals surface area contributed by atoms with E-state index >= 15 is 0 Å². The number of halogens is 2. The van der Waals surface area contributed by atoms with Crippen molar-refractivity contribution in [2.24, 2.45) is 0 Å². The lowest BCUT2D eigenvalue weighted by molar-refractivity contribution is -0.148. The lowest BCUT2D eigenvalue weighted by Crippen LogP contribution is -2.15. The molecule has 0 aliphatic heterocycles. The van der Waals surface area contributed by atoms with Gasteiger partial charge < -0.3 is 14.0 Å². The van der Waals surface area contributed by atoms with Gasteiger partial charge in [-0.15, -0.1) is 0 Å². The van der Waals surface area contributed by atoms with Crippen molar-refractivity contribution >= 4 is 29.2 Å². The lowest BCUT2D eigenvalue weighted by Gasteiger charge is -2.07. The van der Waals surface area contributed by atoms with E-state index in [-0.39, 0.29) is 19.1 Å². The highest BCUT2D eigenvalue weighted by atomic mass is 35.5. The highest BCUT2D eigenvalue weighted by molar-refractivity contribution is 6.35. The van der Waals surface area contributed by atoms with Crippen molar-refractivity contribution in [3.05, 3.63) is 64.0 Å². The summed E-state index contributed by atoms with van der Waals surface area (Å²) in [6.45, 7) is 1.54. The van der Waals surface area contributed by atoms with Crippen LogP contribution in [0.4, 0.5) is 0 Å². The Hall–Kier alpha value is -2.57. The van der Waals surface area contributed by atoms with Crippen LogP contribution in [0, 0.1) is 6.92 Å². The number of carbonyl (C=O) groups is 1. The third-order valence-electron chi connectivity index (χ3n) is 3.37. The third kappa shape index (κ3) is 4.74. The van der Waals surface area contributed by atoms with E-state index in [0.29, 0.717) is 21.6 Å². The van der Waals surface area contributed by atoms with Crippen molar-refractivity contribution in [1.29, 1.82) is 0 Å². The van der Waals surface area contributed by atoms with Crippen LogP contribution in [-0.2, 0) is 16.1 Å². The molecule has 6 nitrogen and oxygen atoms in total. The van der Waals surface area contributed by atoms with E-state index in [1.54, 1.807) is 12.1 Å². The fourth-order valence-electron chi connectivity index (χ4n) is 2.05. The average molecular weight is 393 g/mol. The Balaban J connectivity index is 1.51. The van der Waals surface area contributed by atoms with Gasteiger partial charge in [-0.05, 0) is 25.1 Å². The van der Waals surface area contributed by atoms with E-state index < -0.39 is 5.97 Å². The van der Waals surface area contributed by atoms with Crippen LogP contribution < -0.4 is 4.74 Å². The van der Waals surface area contributed by atoms with Gasteiger partial charge >= 0.3 is 5.97 Å². The van der Waals surface area contributed by atoms with Gasteiger partial charge in [-0.3, -0.25) is 0 Å². The minimum Gasteiger partial charge on any atom is -0.480 e. The van der Waals surface area contributed by atoms with Crippen molar-refractivity contribution in [3.8, 4) is 17.1 Å². The molecule has 0 bridgehead atoms. The molecule has 0 unspecified atom stereocenters. The van der Waals surface area contributed by atoms with Crippen molar-refractivity contribution in [2.75, 3.05) is 6.61 Å². The van der Waals surface area contributed by atoms with Crippen molar-refractivity contribution in [1.82, 2.24) is 10.1 Å². The van der Waals surface area contributed by atoms with E-state index in [0.717, 1.165) is 11.1 Å². The fourth-order valence-corrected chi connectivity index (χ4v) is 2.51. The molecule has 0 fully saturated rings. The first kappa shape index (κ1) is 18.2. The Labute approximate surface area is 159 Å². The number of esters is 1. The molecule has 0 saturated carbocycles. The van der Waals surface area contributed by atoms with Crippen molar-refractivity contribution < 1.29 is 18.8 Å². The predicted molar refractivity (Wildman–Crippen MR) is 96.2 cm³/mol. The number of carbonyl (C=O) groups excluding carboxylic acids is 1. The van der Waals surface area contributed by atoms with E-state index in [2.05, 4.69) is 10.1 Å². The molecule has 2 aromatic carbocycles. The van der Waals surface area contributed by atoms with Crippen LogP contribution >= 0.6 is 23.2 Å². The Morgan fingerprint density at radius 1 is 1.15 bits per heavy atom. The summed E-state index contributed by atoms with van der Waals surface area (Å²) >= 11 is 11.8. The molecule has 0 atom stereocenters. The van der Waals surface area contributed by atoms with Gasteiger partial charge in [0.2, 0.25) is 5.82 Å². The fraction of sp³-hybridized carbons (Fsp3) is 0.167. The summed E-state index contributed by atoms with van der Waals surface area (Å²) in [6, 6.07) is 12.4. The number of rotatable bonds is 6. The van der Waals surface area contributed by atoms with Gasteiger partial charge in [-0.25, -0.2) is 4.79 Å². The predicted octanol–water partition coefficient (Wildman–Crippen LogP) is 4.47. The molecule has 134 valence electrons. The van der Waals surface area contributed by atoms with Crippen LogP contribution in [0.15, 0.2) is 47.0 Å². The van der Waals surface area contributed by atoms with Crippen LogP contribution in [-0.4, -0.2) is 22.7 Å². The number of benzene rings is 2. The molecule has 8 heteroatoms. The van der Waals surface area contributed by atoms with Gasteiger partial charge in [0.05, 0.1) is 5.02 Å². The van der Waals surface area contributed by atoms with Crippen LogP contribution in [0.25, 0.3) is 11.4 Å². The Kier molecular flexibility index (Phi) is 5.75. The van der Waals surface area contributed by atoms with Crippen molar-refractivity contribution in [3.63, 3.8) is 0 Å². The molecule has 0 aliphatic carbocycles. The van der Waals surface area contributed by atoms with Gasteiger partial charge in [0, 0.05) is 10.6 Å². The molecule has 0 radical (unpaired) electrons. The maximum Gasteiger partial charge on any atom is 0.344 e. The lowest BCUT2D eigenvalue weighted by atomic mass is 10.1. The summed E-state index contributed by atoms with van der Waals surface area (Å²) in [4.78, 5) is 16.0. The monoisotopic (exact) mass is 392 g/mol. The van der Waals surface area contributed by atoms with Gasteiger partial charge in [0.1, 0.15) is 5.75 Å². The van der Waals surface area contributed by atoms with Gasteiger partial charge in [0.25, 0.3) is 5.89 Å². The second kappa shape index (κ2) is 8.21. The number of ether oxygens (including phenoxy) is 2. The van der Waals surface area contributed by atoms with Crippen LogP contribution in [0.5, 0.6) is 5.75 Å².